The van der Waals surface area contributed by atoms with E-state index in [-0.39, 0.29) is 5.41 Å². The van der Waals surface area contributed by atoms with Crippen LogP contribution in [0.5, 0.6) is 5.75 Å². The van der Waals surface area contributed by atoms with Crippen LogP contribution in [0.1, 0.15) is 12.0 Å². The molecule has 2 N–H and O–H groups in total. The van der Waals surface area contributed by atoms with Crippen LogP contribution in [-0.2, 0) is 5.41 Å². The highest BCUT2D eigenvalue weighted by atomic mass is 28.3. The Morgan fingerprint density at radius 2 is 2.00 bits per heavy atom. The molecule has 1 atom stereocenters. The van der Waals surface area contributed by atoms with Gasteiger partial charge in [0.1, 0.15) is 5.75 Å². The minimum Gasteiger partial charge on any atom is -0.493 e. The lowest BCUT2D eigenvalue weighted by Gasteiger charge is -2.41. The molecule has 0 bridgehead atoms. The number of fused-ring (bicyclic) bond motifs is 1. The summed E-state index contributed by atoms with van der Waals surface area (Å²) in [6.45, 7) is 8.80. The first-order valence-corrected chi connectivity index (χ1v) is 10.1. The van der Waals surface area contributed by atoms with Gasteiger partial charge in [-0.2, -0.15) is 0 Å². The molecular formula is C14H23NOSi. The van der Waals surface area contributed by atoms with Crippen molar-refractivity contribution in [3.8, 4) is 5.75 Å². The molecule has 0 aliphatic carbocycles. The summed E-state index contributed by atoms with van der Waals surface area (Å²) in [7, 11) is -1.14. The fourth-order valence-corrected chi connectivity index (χ4v) is 5.55. The van der Waals surface area contributed by atoms with Crippen LogP contribution in [0.2, 0.25) is 25.7 Å². The minimum absolute atomic E-state index is 0.152. The molecule has 3 heteroatoms. The monoisotopic (exact) mass is 249 g/mol. The van der Waals surface area contributed by atoms with Crippen molar-refractivity contribution in [2.24, 2.45) is 5.73 Å². The van der Waals surface area contributed by atoms with E-state index in [1.54, 1.807) is 0 Å². The van der Waals surface area contributed by atoms with E-state index >= 15 is 0 Å². The molecule has 94 valence electrons. The molecule has 1 unspecified atom stereocenters. The predicted octanol–water partition coefficient (Wildman–Crippen LogP) is 3.00. The Morgan fingerprint density at radius 1 is 1.29 bits per heavy atom. The van der Waals surface area contributed by atoms with E-state index in [1.807, 2.05) is 6.07 Å². The Balaban J connectivity index is 2.42. The topological polar surface area (TPSA) is 35.2 Å². The number of benzene rings is 1. The summed E-state index contributed by atoms with van der Waals surface area (Å²) >= 11 is 0. The first kappa shape index (κ1) is 12.6. The van der Waals surface area contributed by atoms with Crippen LogP contribution in [0.15, 0.2) is 24.3 Å². The molecule has 1 aromatic rings. The molecule has 1 aliphatic heterocycles. The van der Waals surface area contributed by atoms with E-state index in [9.17, 15) is 0 Å². The fourth-order valence-electron chi connectivity index (χ4n) is 3.00. The highest BCUT2D eigenvalue weighted by Crippen LogP contribution is 2.43. The van der Waals surface area contributed by atoms with Crippen LogP contribution in [0.3, 0.4) is 0 Å². The summed E-state index contributed by atoms with van der Waals surface area (Å²) in [6.07, 6.45) is 1.06. The number of para-hydroxylation sites is 1. The Morgan fingerprint density at radius 3 is 2.65 bits per heavy atom. The second-order valence-electron chi connectivity index (χ2n) is 6.32. The third-order valence-electron chi connectivity index (χ3n) is 3.56. The van der Waals surface area contributed by atoms with Crippen molar-refractivity contribution in [1.82, 2.24) is 0 Å². The maximum Gasteiger partial charge on any atom is 0.123 e. The Kier molecular flexibility index (Phi) is 3.32. The summed E-state index contributed by atoms with van der Waals surface area (Å²) in [5.74, 6) is 1.04. The third kappa shape index (κ3) is 2.55. The van der Waals surface area contributed by atoms with Crippen molar-refractivity contribution >= 4 is 8.07 Å². The maximum absolute atomic E-state index is 6.13. The normalized spacial score (nSPS) is 24.0. The second-order valence-corrected chi connectivity index (χ2v) is 11.8. The van der Waals surface area contributed by atoms with E-state index in [0.717, 1.165) is 25.3 Å². The third-order valence-corrected chi connectivity index (χ3v) is 5.29. The average Bonchev–Trinajstić information content (AvgIpc) is 2.27. The number of nitrogens with two attached hydrogens (primary N) is 1. The second kappa shape index (κ2) is 4.46. The van der Waals surface area contributed by atoms with Gasteiger partial charge in [-0.3, -0.25) is 0 Å². The van der Waals surface area contributed by atoms with Gasteiger partial charge in [-0.1, -0.05) is 37.8 Å². The lowest BCUT2D eigenvalue weighted by Crippen LogP contribution is -2.45. The number of hydrogen-bond donors (Lipinski definition) is 1. The Bertz CT molecular complexity index is 399. The Labute approximate surface area is 105 Å². The van der Waals surface area contributed by atoms with Crippen molar-refractivity contribution in [1.29, 1.82) is 0 Å². The molecule has 0 aromatic heterocycles. The quantitative estimate of drug-likeness (QED) is 0.836. The van der Waals surface area contributed by atoms with Crippen molar-refractivity contribution in [3.05, 3.63) is 29.8 Å². The molecule has 17 heavy (non-hydrogen) atoms. The van der Waals surface area contributed by atoms with Crippen molar-refractivity contribution in [3.63, 3.8) is 0 Å². The van der Waals surface area contributed by atoms with Gasteiger partial charge in [0, 0.05) is 25.6 Å². The Hall–Kier alpha value is -0.803. The molecule has 0 radical (unpaired) electrons. The van der Waals surface area contributed by atoms with E-state index in [0.29, 0.717) is 0 Å². The first-order valence-electron chi connectivity index (χ1n) is 6.39. The molecule has 0 amide bonds. The standard InChI is InChI=1S/C14H23NOSi/c1-17(2,3)11-14(10-15)8-9-16-13-7-5-4-6-12(13)14/h4-7H,8-11,15H2,1-3H3. The van der Waals surface area contributed by atoms with Crippen LogP contribution in [0, 0.1) is 0 Å². The average molecular weight is 249 g/mol. The van der Waals surface area contributed by atoms with Gasteiger partial charge < -0.3 is 10.5 Å². The summed E-state index contributed by atoms with van der Waals surface area (Å²) in [4.78, 5) is 0. The molecule has 0 saturated heterocycles. The molecule has 2 nitrogen and oxygen atoms in total. The molecule has 2 rings (SSSR count). The molecular weight excluding hydrogens is 226 g/mol. The summed E-state index contributed by atoms with van der Waals surface area (Å²) in [5.41, 5.74) is 7.61. The van der Waals surface area contributed by atoms with Gasteiger partial charge in [0.15, 0.2) is 0 Å². The van der Waals surface area contributed by atoms with Gasteiger partial charge in [-0.05, 0) is 18.5 Å². The van der Waals surface area contributed by atoms with E-state index < -0.39 is 8.07 Å². The zero-order chi connectivity index (χ0) is 12.5. The van der Waals surface area contributed by atoms with Gasteiger partial charge in [0.05, 0.1) is 6.61 Å². The van der Waals surface area contributed by atoms with Gasteiger partial charge in [0.2, 0.25) is 0 Å². The number of rotatable bonds is 3. The molecule has 1 aromatic carbocycles. The summed E-state index contributed by atoms with van der Waals surface area (Å²) < 4.78 is 5.75. The number of hydrogen-bond acceptors (Lipinski definition) is 2. The number of ether oxygens (including phenoxy) is 1. The predicted molar refractivity (Wildman–Crippen MR) is 75.4 cm³/mol. The van der Waals surface area contributed by atoms with E-state index in [2.05, 4.69) is 37.8 Å². The lowest BCUT2D eigenvalue weighted by molar-refractivity contribution is 0.226. The molecule has 0 spiro atoms. The zero-order valence-electron chi connectivity index (χ0n) is 11.1. The van der Waals surface area contributed by atoms with Crippen molar-refractivity contribution < 1.29 is 4.74 Å². The van der Waals surface area contributed by atoms with Crippen LogP contribution in [-0.4, -0.2) is 21.2 Å². The van der Waals surface area contributed by atoms with E-state index in [1.165, 1.54) is 11.6 Å². The molecule has 1 heterocycles. The van der Waals surface area contributed by atoms with Gasteiger partial charge in [0.25, 0.3) is 0 Å². The molecule has 1 aliphatic rings. The smallest absolute Gasteiger partial charge is 0.123 e. The van der Waals surface area contributed by atoms with Crippen LogP contribution < -0.4 is 10.5 Å². The van der Waals surface area contributed by atoms with Gasteiger partial charge in [-0.25, -0.2) is 0 Å². The van der Waals surface area contributed by atoms with Gasteiger partial charge >= 0.3 is 0 Å². The largest absolute Gasteiger partial charge is 0.493 e. The highest BCUT2D eigenvalue weighted by molar-refractivity contribution is 6.76. The van der Waals surface area contributed by atoms with Crippen LogP contribution in [0.25, 0.3) is 0 Å². The zero-order valence-corrected chi connectivity index (χ0v) is 12.1. The lowest BCUT2D eigenvalue weighted by atomic mass is 9.77. The maximum atomic E-state index is 6.13. The first-order chi connectivity index (χ1) is 7.97. The van der Waals surface area contributed by atoms with Crippen LogP contribution >= 0.6 is 0 Å². The van der Waals surface area contributed by atoms with Crippen LogP contribution in [0.4, 0.5) is 0 Å². The molecule has 0 fully saturated rings. The minimum atomic E-state index is -1.14. The molecule has 0 saturated carbocycles. The van der Waals surface area contributed by atoms with Crippen molar-refractivity contribution in [2.75, 3.05) is 13.2 Å². The fraction of sp³-hybridized carbons (Fsp3) is 0.571. The van der Waals surface area contributed by atoms with Crippen molar-refractivity contribution in [2.45, 2.75) is 37.5 Å². The van der Waals surface area contributed by atoms with Gasteiger partial charge in [-0.15, -0.1) is 0 Å². The highest BCUT2D eigenvalue weighted by Gasteiger charge is 2.39. The summed E-state index contributed by atoms with van der Waals surface area (Å²) in [5, 5.41) is 0. The SMILES string of the molecule is C[Si](C)(C)CC1(CN)CCOc2ccccc21. The van der Waals surface area contributed by atoms with E-state index in [4.69, 9.17) is 10.5 Å². The summed E-state index contributed by atoms with van der Waals surface area (Å²) in [6, 6.07) is 9.66.